The van der Waals surface area contributed by atoms with Crippen molar-refractivity contribution in [3.05, 3.63) is 0 Å². The normalized spacial score (nSPS) is 14.5. The van der Waals surface area contributed by atoms with Crippen molar-refractivity contribution < 1.29 is 14.5 Å². The predicted molar refractivity (Wildman–Crippen MR) is 112 cm³/mol. The first-order valence-corrected chi connectivity index (χ1v) is 12.0. The summed E-state index contributed by atoms with van der Waals surface area (Å²) in [6.07, 6.45) is 16.3. The number of hydrogen-bond donors (Lipinski definition) is 1. The smallest absolute Gasteiger partial charge is 0.274 e. The molecule has 0 heterocycles. The van der Waals surface area contributed by atoms with E-state index in [-0.39, 0.29) is 11.1 Å². The van der Waals surface area contributed by atoms with Crippen molar-refractivity contribution in [3.8, 4) is 0 Å². The molecule has 0 rings (SSSR count). The van der Waals surface area contributed by atoms with Gasteiger partial charge in [-0.2, -0.15) is 0 Å². The van der Waals surface area contributed by atoms with Gasteiger partial charge in [-0.1, -0.05) is 78.1 Å². The van der Waals surface area contributed by atoms with E-state index in [0.717, 1.165) is 25.7 Å². The number of hydrogen-bond acceptors (Lipinski definition) is 1. The van der Waals surface area contributed by atoms with E-state index in [9.17, 15) is 10.00 Å². The Bertz CT molecular complexity index is 350. The summed E-state index contributed by atoms with van der Waals surface area (Å²) in [7, 11) is 4.47. The molecule has 0 bridgehead atoms. The van der Waals surface area contributed by atoms with Crippen LogP contribution in [0.25, 0.3) is 0 Å². The molecule has 0 aromatic carbocycles. The monoisotopic (exact) mass is 374 g/mol. The molecule has 2 unspecified atom stereocenters. The Balaban J connectivity index is 4.02. The van der Waals surface area contributed by atoms with Gasteiger partial charge in [0.2, 0.25) is 0 Å². The zero-order chi connectivity index (χ0) is 19.1. The number of nitrogens with zero attached hydrogens (tertiary/aromatic N) is 1. The van der Waals surface area contributed by atoms with Gasteiger partial charge in [0.15, 0.2) is 6.54 Å². The average molecular weight is 375 g/mol. The fourth-order valence-corrected chi connectivity index (χ4v) is 5.18. The van der Waals surface area contributed by atoms with E-state index in [4.69, 9.17) is 0 Å². The maximum Gasteiger partial charge on any atom is 0.274 e. The van der Waals surface area contributed by atoms with Gasteiger partial charge in [-0.05, 0) is 19.3 Å². The van der Waals surface area contributed by atoms with E-state index in [2.05, 4.69) is 13.8 Å². The highest BCUT2D eigenvalue weighted by Crippen LogP contribution is 2.31. The van der Waals surface area contributed by atoms with Crippen LogP contribution >= 0.6 is 7.77 Å². The number of quaternary nitrogens is 1. The van der Waals surface area contributed by atoms with Gasteiger partial charge in [0.05, 0.1) is 28.9 Å². The minimum absolute atomic E-state index is 0.167. The minimum Gasteiger partial charge on any atom is -0.628 e. The lowest BCUT2D eigenvalue weighted by molar-refractivity contribution is -0.861. The molecule has 25 heavy (non-hydrogen) atoms. The van der Waals surface area contributed by atoms with Crippen LogP contribution in [0, 0.1) is 0 Å². The lowest BCUT2D eigenvalue weighted by Gasteiger charge is -2.23. The third kappa shape index (κ3) is 14.9. The second-order valence-corrected chi connectivity index (χ2v) is 10.5. The van der Waals surface area contributed by atoms with Gasteiger partial charge in [0.25, 0.3) is 5.48 Å². The molecule has 0 fully saturated rings. The maximum absolute atomic E-state index is 12.7. The first kappa shape index (κ1) is 25.1. The van der Waals surface area contributed by atoms with Crippen molar-refractivity contribution in [3.63, 3.8) is 0 Å². The molecule has 0 spiro atoms. The first-order chi connectivity index (χ1) is 11.8. The standard InChI is InChI=1S/C21H44NO2P/c1-6-8-9-10-11-12-13-14-15-16-18-20(17-7-2)25(24)21(23)19-22(3,4)5/h20H,6-19H2,1-5H3/p+1. The van der Waals surface area contributed by atoms with Crippen LogP contribution in [-0.2, 0) is 0 Å². The number of likely N-dealkylation sites (N-methyl/N-ethyl adjacent to an activating group) is 1. The van der Waals surface area contributed by atoms with Crippen LogP contribution in [0.1, 0.15) is 97.3 Å². The summed E-state index contributed by atoms with van der Waals surface area (Å²) in [5.41, 5.74) is 0.383. The summed E-state index contributed by atoms with van der Waals surface area (Å²) in [5.74, 6) is 0. The number of aliphatic hydroxyl groups is 1. The van der Waals surface area contributed by atoms with Crippen LogP contribution < -0.4 is 4.89 Å². The zero-order valence-corrected chi connectivity index (χ0v) is 18.6. The molecule has 0 saturated carbocycles. The van der Waals surface area contributed by atoms with Crippen LogP contribution in [0.2, 0.25) is 0 Å². The van der Waals surface area contributed by atoms with Crippen molar-refractivity contribution >= 4 is 13.3 Å². The number of unbranched alkanes of at least 4 members (excludes halogenated alkanes) is 9. The third-order valence-electron chi connectivity index (χ3n) is 4.71. The summed E-state index contributed by atoms with van der Waals surface area (Å²) in [5, 5.41) is 10.2. The van der Waals surface area contributed by atoms with E-state index in [0.29, 0.717) is 11.0 Å². The van der Waals surface area contributed by atoms with Crippen LogP contribution in [0.5, 0.6) is 0 Å². The molecule has 3 nitrogen and oxygen atoms in total. The fourth-order valence-electron chi connectivity index (χ4n) is 3.28. The van der Waals surface area contributed by atoms with Gasteiger partial charge in [-0.25, -0.2) is 0 Å². The van der Waals surface area contributed by atoms with Crippen molar-refractivity contribution in [2.75, 3.05) is 27.7 Å². The molecule has 0 amide bonds. The van der Waals surface area contributed by atoms with Gasteiger partial charge in [-0.15, -0.1) is 0 Å². The molecular weight excluding hydrogens is 329 g/mol. The Hall–Kier alpha value is 0.0500. The highest BCUT2D eigenvalue weighted by Gasteiger charge is 2.24. The van der Waals surface area contributed by atoms with Gasteiger partial charge in [-0.3, -0.25) is 0 Å². The molecule has 0 aromatic heterocycles. The Kier molecular flexibility index (Phi) is 15.2. The van der Waals surface area contributed by atoms with Crippen molar-refractivity contribution in [2.24, 2.45) is 0 Å². The summed E-state index contributed by atoms with van der Waals surface area (Å²) in [6, 6.07) is 0. The maximum atomic E-state index is 12.7. The summed E-state index contributed by atoms with van der Waals surface area (Å²) < 4.78 is 0.629. The van der Waals surface area contributed by atoms with E-state index in [1.807, 2.05) is 21.1 Å². The second kappa shape index (κ2) is 15.1. The molecule has 0 saturated heterocycles. The van der Waals surface area contributed by atoms with Crippen LogP contribution in [0.4, 0.5) is 0 Å². The Morgan fingerprint density at radius 3 is 1.72 bits per heavy atom. The van der Waals surface area contributed by atoms with Crippen LogP contribution in [0.3, 0.4) is 0 Å². The molecular formula is C21H45NO2P+. The summed E-state index contributed by atoms with van der Waals surface area (Å²) in [6.45, 7) is 4.90. The lowest BCUT2D eigenvalue weighted by atomic mass is 10.0. The Morgan fingerprint density at radius 2 is 1.28 bits per heavy atom. The molecule has 0 aliphatic carbocycles. The molecule has 0 aromatic rings. The van der Waals surface area contributed by atoms with Crippen molar-refractivity contribution in [2.45, 2.75) is 103 Å². The SMILES string of the molecule is CCCCCCCCCCCCC(CCC)/[P+]([O-])=C(\O)C[N+](C)(C)C. The molecule has 0 radical (unpaired) electrons. The number of aliphatic hydroxyl groups excluding tert-OH is 1. The average Bonchev–Trinajstić information content (AvgIpc) is 2.53. The van der Waals surface area contributed by atoms with Crippen LogP contribution in [-0.4, -0.2) is 48.4 Å². The van der Waals surface area contributed by atoms with Gasteiger partial charge in [0, 0.05) is 0 Å². The fraction of sp³-hybridized carbons (Fsp3) is 0.952. The molecule has 1 N–H and O–H groups in total. The highest BCUT2D eigenvalue weighted by molar-refractivity contribution is 7.52. The van der Waals surface area contributed by atoms with Gasteiger partial charge in [0.1, 0.15) is 5.66 Å². The van der Waals surface area contributed by atoms with E-state index < -0.39 is 7.77 Å². The number of rotatable bonds is 16. The predicted octanol–water partition coefficient (Wildman–Crippen LogP) is 5.43. The van der Waals surface area contributed by atoms with Crippen molar-refractivity contribution in [1.29, 1.82) is 0 Å². The Morgan fingerprint density at radius 1 is 0.800 bits per heavy atom. The minimum atomic E-state index is -1.61. The van der Waals surface area contributed by atoms with Gasteiger partial charge < -0.3 is 14.5 Å². The topological polar surface area (TPSA) is 43.3 Å². The highest BCUT2D eigenvalue weighted by atomic mass is 31.1. The van der Waals surface area contributed by atoms with Crippen LogP contribution in [0.15, 0.2) is 0 Å². The largest absolute Gasteiger partial charge is 0.628 e. The second-order valence-electron chi connectivity index (χ2n) is 8.60. The van der Waals surface area contributed by atoms with Crippen molar-refractivity contribution in [1.82, 2.24) is 0 Å². The molecule has 150 valence electrons. The molecule has 2 atom stereocenters. The van der Waals surface area contributed by atoms with E-state index in [1.165, 1.54) is 57.8 Å². The summed E-state index contributed by atoms with van der Waals surface area (Å²) in [4.78, 5) is 12.7. The molecule has 0 aliphatic rings. The quantitative estimate of drug-likeness (QED) is 0.222. The lowest BCUT2D eigenvalue weighted by Crippen LogP contribution is -2.40. The van der Waals surface area contributed by atoms with Gasteiger partial charge >= 0.3 is 0 Å². The Labute approximate surface area is 158 Å². The first-order valence-electron chi connectivity index (χ1n) is 10.6. The molecule has 4 heteroatoms. The van der Waals surface area contributed by atoms with E-state index in [1.54, 1.807) is 0 Å². The van der Waals surface area contributed by atoms with E-state index >= 15 is 0 Å². The zero-order valence-electron chi connectivity index (χ0n) is 17.7. The summed E-state index contributed by atoms with van der Waals surface area (Å²) >= 11 is 0. The molecule has 0 aliphatic heterocycles. The third-order valence-corrected chi connectivity index (χ3v) is 6.54.